The topological polar surface area (TPSA) is 71.0 Å². The molecule has 3 aromatic carbocycles. The zero-order chi connectivity index (χ0) is 21.8. The fourth-order valence-corrected chi connectivity index (χ4v) is 3.84. The van der Waals surface area contributed by atoms with Gasteiger partial charge in [-0.3, -0.25) is 4.79 Å². The number of phenols is 1. The number of methoxy groups -OCH3 is 1. The summed E-state index contributed by atoms with van der Waals surface area (Å²) in [6.45, 7) is 2.79. The number of ether oxygens (including phenoxy) is 2. The number of aromatic hydroxyl groups is 1. The molecule has 0 radical (unpaired) electrons. The fraction of sp³-hybridized carbons (Fsp3) is 0.240. The number of amides is 1. The van der Waals surface area contributed by atoms with E-state index in [4.69, 9.17) is 9.47 Å². The smallest absolute Gasteiger partial charge is 0.257 e. The van der Waals surface area contributed by atoms with Gasteiger partial charge in [0.15, 0.2) is 11.5 Å². The van der Waals surface area contributed by atoms with Crippen LogP contribution in [0.1, 0.15) is 34.6 Å². The maximum absolute atomic E-state index is 13.4. The van der Waals surface area contributed by atoms with E-state index in [1.807, 2.05) is 67.6 Å². The number of fused-ring (bicyclic) bond motifs is 1. The highest BCUT2D eigenvalue weighted by molar-refractivity contribution is 6.01. The lowest BCUT2D eigenvalue weighted by Gasteiger charge is -2.38. The Labute approximate surface area is 182 Å². The molecule has 0 bridgehead atoms. The number of rotatable bonds is 7. The molecule has 160 valence electrons. The average molecular weight is 418 g/mol. The molecule has 0 aromatic heterocycles. The van der Waals surface area contributed by atoms with Crippen LogP contribution in [-0.2, 0) is 6.42 Å². The maximum Gasteiger partial charge on any atom is 0.257 e. The van der Waals surface area contributed by atoms with E-state index in [1.54, 1.807) is 18.1 Å². The Morgan fingerprint density at radius 3 is 2.55 bits per heavy atom. The number of nitrogens with zero attached hydrogens (tertiary/aromatic N) is 1. The van der Waals surface area contributed by atoms with E-state index in [2.05, 4.69) is 5.32 Å². The van der Waals surface area contributed by atoms with E-state index in [-0.39, 0.29) is 11.7 Å². The maximum atomic E-state index is 13.4. The van der Waals surface area contributed by atoms with Crippen LogP contribution in [0.25, 0.3) is 0 Å². The van der Waals surface area contributed by atoms with Crippen molar-refractivity contribution in [2.24, 2.45) is 0 Å². The largest absolute Gasteiger partial charge is 0.504 e. The molecule has 1 aliphatic heterocycles. The monoisotopic (exact) mass is 418 g/mol. The van der Waals surface area contributed by atoms with Crippen molar-refractivity contribution in [2.45, 2.75) is 19.5 Å². The minimum atomic E-state index is -0.513. The Balaban J connectivity index is 1.67. The molecule has 0 spiro atoms. The van der Waals surface area contributed by atoms with Crippen LogP contribution in [0.15, 0.2) is 66.7 Å². The lowest BCUT2D eigenvalue weighted by molar-refractivity contribution is 0.0683. The van der Waals surface area contributed by atoms with Crippen molar-refractivity contribution in [3.8, 4) is 17.2 Å². The van der Waals surface area contributed by atoms with Gasteiger partial charge in [-0.1, -0.05) is 36.4 Å². The second-order valence-corrected chi connectivity index (χ2v) is 7.32. The summed E-state index contributed by atoms with van der Waals surface area (Å²) in [4.78, 5) is 15.2. The predicted molar refractivity (Wildman–Crippen MR) is 120 cm³/mol. The summed E-state index contributed by atoms with van der Waals surface area (Å²) in [7, 11) is 1.64. The number of phenolic OH excluding ortho intramolecular Hbond substituents is 1. The van der Waals surface area contributed by atoms with Crippen LogP contribution in [0, 0.1) is 0 Å². The number of hydrogen-bond donors (Lipinski definition) is 2. The molecule has 1 aliphatic rings. The molecule has 4 rings (SSSR count). The highest BCUT2D eigenvalue weighted by Gasteiger charge is 2.34. The van der Waals surface area contributed by atoms with Crippen molar-refractivity contribution in [3.63, 3.8) is 0 Å². The highest BCUT2D eigenvalue weighted by Crippen LogP contribution is 2.40. The van der Waals surface area contributed by atoms with Crippen LogP contribution in [0.4, 0.5) is 5.69 Å². The van der Waals surface area contributed by atoms with Gasteiger partial charge in [0.2, 0.25) is 0 Å². The highest BCUT2D eigenvalue weighted by atomic mass is 16.5. The first-order valence-corrected chi connectivity index (χ1v) is 10.4. The van der Waals surface area contributed by atoms with Crippen LogP contribution in [0.2, 0.25) is 0 Å². The third-order valence-electron chi connectivity index (χ3n) is 5.45. The molecule has 0 saturated carbocycles. The molecule has 2 N–H and O–H groups in total. The van der Waals surface area contributed by atoms with Crippen LogP contribution in [0.5, 0.6) is 17.2 Å². The van der Waals surface area contributed by atoms with Gasteiger partial charge in [-0.15, -0.1) is 0 Å². The third-order valence-corrected chi connectivity index (χ3v) is 5.45. The number of carbonyl (C=O) groups is 1. The van der Waals surface area contributed by atoms with E-state index < -0.39 is 6.17 Å². The number of carbonyl (C=O) groups excluding carboxylic acids is 1. The summed E-state index contributed by atoms with van der Waals surface area (Å²) < 4.78 is 10.8. The standard InChI is InChI=1S/C25H26N2O4/c1-3-31-22-10-6-8-20(23(22)28)24-26-21-9-5-4-7-19(21)25(29)27(24)16-15-17-11-13-18(30-2)14-12-17/h4-14,24,26,28H,3,15-16H2,1-2H3/t24-/m0/s1. The Kier molecular flexibility index (Phi) is 5.98. The molecule has 1 heterocycles. The van der Waals surface area contributed by atoms with E-state index >= 15 is 0 Å². The normalized spacial score (nSPS) is 15.2. The fourth-order valence-electron chi connectivity index (χ4n) is 3.84. The first-order chi connectivity index (χ1) is 15.1. The molecule has 6 nitrogen and oxygen atoms in total. The molecule has 0 fully saturated rings. The number of anilines is 1. The molecular weight excluding hydrogens is 392 g/mol. The van der Waals surface area contributed by atoms with Gasteiger partial charge in [0.05, 0.1) is 19.3 Å². The van der Waals surface area contributed by atoms with Crippen molar-refractivity contribution < 1.29 is 19.4 Å². The molecule has 3 aromatic rings. The first kappa shape index (κ1) is 20.6. The Hall–Kier alpha value is -3.67. The van der Waals surface area contributed by atoms with E-state index in [1.165, 1.54) is 0 Å². The second-order valence-electron chi connectivity index (χ2n) is 7.32. The van der Waals surface area contributed by atoms with E-state index in [0.717, 1.165) is 17.0 Å². The van der Waals surface area contributed by atoms with Crippen molar-refractivity contribution >= 4 is 11.6 Å². The number of hydrogen-bond acceptors (Lipinski definition) is 5. The summed E-state index contributed by atoms with van der Waals surface area (Å²) in [5.41, 5.74) is 3.07. The predicted octanol–water partition coefficient (Wildman–Crippen LogP) is 4.61. The van der Waals surface area contributed by atoms with Crippen LogP contribution >= 0.6 is 0 Å². The summed E-state index contributed by atoms with van der Waals surface area (Å²) >= 11 is 0. The van der Waals surface area contributed by atoms with Crippen molar-refractivity contribution in [1.29, 1.82) is 0 Å². The SMILES string of the molecule is CCOc1cccc([C@H]2Nc3ccccc3C(=O)N2CCc2ccc(OC)cc2)c1O. The zero-order valence-corrected chi connectivity index (χ0v) is 17.7. The van der Waals surface area contributed by atoms with Gasteiger partial charge < -0.3 is 24.8 Å². The van der Waals surface area contributed by atoms with Gasteiger partial charge in [-0.25, -0.2) is 0 Å². The Bertz CT molecular complexity index is 1070. The third kappa shape index (κ3) is 4.14. The molecular formula is C25H26N2O4. The van der Waals surface area contributed by atoms with Gasteiger partial charge in [-0.05, 0) is 49.2 Å². The van der Waals surface area contributed by atoms with Gasteiger partial charge in [0.1, 0.15) is 11.9 Å². The zero-order valence-electron chi connectivity index (χ0n) is 17.7. The number of nitrogens with one attached hydrogen (secondary N) is 1. The molecule has 31 heavy (non-hydrogen) atoms. The molecule has 6 heteroatoms. The minimum absolute atomic E-state index is 0.0449. The van der Waals surface area contributed by atoms with Crippen LogP contribution < -0.4 is 14.8 Å². The van der Waals surface area contributed by atoms with Gasteiger partial charge in [0, 0.05) is 17.8 Å². The minimum Gasteiger partial charge on any atom is -0.504 e. The summed E-state index contributed by atoms with van der Waals surface area (Å²) in [6.07, 6.45) is 0.156. The molecule has 1 atom stereocenters. The van der Waals surface area contributed by atoms with Crippen molar-refractivity contribution in [1.82, 2.24) is 4.90 Å². The lowest BCUT2D eigenvalue weighted by atomic mass is 10.0. The second kappa shape index (κ2) is 9.00. The molecule has 0 unspecified atom stereocenters. The summed E-state index contributed by atoms with van der Waals surface area (Å²) in [5, 5.41) is 14.3. The van der Waals surface area contributed by atoms with E-state index in [9.17, 15) is 9.90 Å². The molecule has 1 amide bonds. The number of benzene rings is 3. The van der Waals surface area contributed by atoms with Gasteiger partial charge >= 0.3 is 0 Å². The molecule has 0 aliphatic carbocycles. The van der Waals surface area contributed by atoms with Gasteiger partial charge in [0.25, 0.3) is 5.91 Å². The Morgan fingerprint density at radius 1 is 1.03 bits per heavy atom. The Morgan fingerprint density at radius 2 is 1.81 bits per heavy atom. The van der Waals surface area contributed by atoms with Crippen molar-refractivity contribution in [3.05, 3.63) is 83.4 Å². The van der Waals surface area contributed by atoms with Crippen LogP contribution in [0.3, 0.4) is 0 Å². The summed E-state index contributed by atoms with van der Waals surface area (Å²) in [5.74, 6) is 1.17. The quantitative estimate of drug-likeness (QED) is 0.586. The molecule has 0 saturated heterocycles. The first-order valence-electron chi connectivity index (χ1n) is 10.4. The summed E-state index contributed by atoms with van der Waals surface area (Å²) in [6, 6.07) is 20.6. The number of para-hydroxylation sites is 2. The average Bonchev–Trinajstić information content (AvgIpc) is 2.80. The lowest BCUT2D eigenvalue weighted by Crippen LogP contribution is -2.44. The van der Waals surface area contributed by atoms with Crippen LogP contribution in [-0.4, -0.2) is 36.2 Å². The van der Waals surface area contributed by atoms with Gasteiger partial charge in [-0.2, -0.15) is 0 Å². The van der Waals surface area contributed by atoms with E-state index in [0.29, 0.717) is 36.4 Å². The van der Waals surface area contributed by atoms with Crippen molar-refractivity contribution in [2.75, 3.05) is 25.6 Å².